The molecule has 0 aliphatic rings. The maximum atomic E-state index is 11.3. The van der Waals surface area contributed by atoms with Crippen LogP contribution in [0, 0.1) is 0 Å². The zero-order valence-electron chi connectivity index (χ0n) is 9.03. The number of pyridine rings is 1. The second-order valence-electron chi connectivity index (χ2n) is 3.24. The van der Waals surface area contributed by atoms with Crippen molar-refractivity contribution in [1.29, 1.82) is 0 Å². The van der Waals surface area contributed by atoms with E-state index in [2.05, 4.69) is 10.3 Å². The molecule has 0 aliphatic carbocycles. The number of nitrogens with zero attached hydrogens (tertiary/aromatic N) is 2. The minimum atomic E-state index is -0.0174. The number of hydrogen-bond acceptors (Lipinski definition) is 4. The zero-order chi connectivity index (χ0) is 11.3. The number of aromatic nitrogens is 1. The van der Waals surface area contributed by atoms with Crippen LogP contribution < -0.4 is 16.0 Å². The van der Waals surface area contributed by atoms with E-state index in [1.54, 1.807) is 23.4 Å². The van der Waals surface area contributed by atoms with Gasteiger partial charge in [-0.15, -0.1) is 0 Å². The number of rotatable bonds is 4. The van der Waals surface area contributed by atoms with Gasteiger partial charge in [-0.25, -0.2) is 0 Å². The van der Waals surface area contributed by atoms with Crippen LogP contribution >= 0.6 is 0 Å². The zero-order valence-corrected chi connectivity index (χ0v) is 9.03. The summed E-state index contributed by atoms with van der Waals surface area (Å²) < 4.78 is 0. The van der Waals surface area contributed by atoms with Crippen molar-refractivity contribution in [2.75, 3.05) is 30.8 Å². The van der Waals surface area contributed by atoms with Gasteiger partial charge >= 0.3 is 0 Å². The molecule has 15 heavy (non-hydrogen) atoms. The predicted molar refractivity (Wildman–Crippen MR) is 60.6 cm³/mol. The summed E-state index contributed by atoms with van der Waals surface area (Å²) >= 11 is 0. The van der Waals surface area contributed by atoms with Crippen LogP contribution in [-0.2, 0) is 4.79 Å². The molecule has 5 nitrogen and oxygen atoms in total. The molecule has 0 saturated heterocycles. The maximum Gasteiger partial charge on any atom is 0.239 e. The van der Waals surface area contributed by atoms with E-state index in [1.807, 2.05) is 14.0 Å². The highest BCUT2D eigenvalue weighted by atomic mass is 16.1. The van der Waals surface area contributed by atoms with Gasteiger partial charge in [0.2, 0.25) is 5.91 Å². The van der Waals surface area contributed by atoms with Crippen LogP contribution in [-0.4, -0.2) is 31.0 Å². The molecule has 0 saturated carbocycles. The van der Waals surface area contributed by atoms with E-state index >= 15 is 0 Å². The van der Waals surface area contributed by atoms with E-state index in [9.17, 15) is 4.79 Å². The van der Waals surface area contributed by atoms with Gasteiger partial charge in [-0.2, -0.15) is 0 Å². The number of carbonyl (C=O) groups excluding carboxylic acids is 1. The first-order chi connectivity index (χ1) is 7.15. The molecule has 1 aromatic rings. The van der Waals surface area contributed by atoms with Gasteiger partial charge in [-0.3, -0.25) is 9.78 Å². The summed E-state index contributed by atoms with van der Waals surface area (Å²) in [6, 6.07) is 1.79. The van der Waals surface area contributed by atoms with E-state index in [0.717, 1.165) is 5.69 Å². The Bertz CT molecular complexity index is 340. The number of likely N-dealkylation sites (N-methyl/N-ethyl adjacent to an activating group) is 2. The molecular formula is C10H16N4O. The molecule has 0 unspecified atom stereocenters. The van der Waals surface area contributed by atoms with Crippen molar-refractivity contribution in [1.82, 2.24) is 10.3 Å². The Labute approximate surface area is 89.3 Å². The number of hydrogen-bond donors (Lipinski definition) is 2. The van der Waals surface area contributed by atoms with Gasteiger partial charge in [0.25, 0.3) is 0 Å². The van der Waals surface area contributed by atoms with Crippen LogP contribution in [0.25, 0.3) is 0 Å². The molecule has 1 heterocycles. The topological polar surface area (TPSA) is 71.2 Å². The fourth-order valence-corrected chi connectivity index (χ4v) is 1.30. The highest BCUT2D eigenvalue weighted by molar-refractivity contribution is 5.82. The fourth-order valence-electron chi connectivity index (χ4n) is 1.30. The fraction of sp³-hybridized carbons (Fsp3) is 0.400. The van der Waals surface area contributed by atoms with Crippen molar-refractivity contribution >= 4 is 17.3 Å². The number of amides is 1. The molecule has 1 rings (SSSR count). The first-order valence-electron chi connectivity index (χ1n) is 4.82. The standard InChI is InChI=1S/C10H16N4O/c1-3-13-10(15)7-14(2)9-4-5-12-6-8(9)11/h4-6H,3,7,11H2,1-2H3,(H,13,15). The first-order valence-corrected chi connectivity index (χ1v) is 4.82. The SMILES string of the molecule is CCNC(=O)CN(C)c1ccncc1N. The highest BCUT2D eigenvalue weighted by Gasteiger charge is 2.08. The number of nitrogens with one attached hydrogen (secondary N) is 1. The van der Waals surface area contributed by atoms with Gasteiger partial charge < -0.3 is 16.0 Å². The summed E-state index contributed by atoms with van der Waals surface area (Å²) in [5.74, 6) is -0.0174. The lowest BCUT2D eigenvalue weighted by Crippen LogP contribution is -2.35. The largest absolute Gasteiger partial charge is 0.396 e. The summed E-state index contributed by atoms with van der Waals surface area (Å²) in [4.78, 5) is 17.0. The Balaban J connectivity index is 2.65. The van der Waals surface area contributed by atoms with Crippen molar-refractivity contribution < 1.29 is 4.79 Å². The summed E-state index contributed by atoms with van der Waals surface area (Å²) in [7, 11) is 1.82. The van der Waals surface area contributed by atoms with E-state index in [-0.39, 0.29) is 5.91 Å². The van der Waals surface area contributed by atoms with Crippen molar-refractivity contribution in [2.24, 2.45) is 0 Å². The van der Waals surface area contributed by atoms with E-state index < -0.39 is 0 Å². The molecule has 5 heteroatoms. The molecule has 0 fully saturated rings. The predicted octanol–water partition coefficient (Wildman–Crippen LogP) is 0.236. The van der Waals surface area contributed by atoms with Crippen LogP contribution in [0.5, 0.6) is 0 Å². The minimum absolute atomic E-state index is 0.0174. The summed E-state index contributed by atoms with van der Waals surface area (Å²) in [6.45, 7) is 2.82. The summed E-state index contributed by atoms with van der Waals surface area (Å²) in [5, 5.41) is 2.73. The third-order valence-corrected chi connectivity index (χ3v) is 1.99. The second kappa shape index (κ2) is 5.19. The van der Waals surface area contributed by atoms with Crippen LogP contribution in [0.1, 0.15) is 6.92 Å². The first kappa shape index (κ1) is 11.3. The van der Waals surface area contributed by atoms with E-state index in [1.165, 1.54) is 0 Å². The Morgan fingerprint density at radius 3 is 3.00 bits per heavy atom. The Hall–Kier alpha value is -1.78. The Morgan fingerprint density at radius 2 is 2.40 bits per heavy atom. The van der Waals surface area contributed by atoms with E-state index in [0.29, 0.717) is 18.8 Å². The van der Waals surface area contributed by atoms with Crippen LogP contribution in [0.4, 0.5) is 11.4 Å². The molecule has 0 atom stereocenters. The molecule has 0 bridgehead atoms. The molecule has 82 valence electrons. The lowest BCUT2D eigenvalue weighted by molar-refractivity contribution is -0.119. The average molecular weight is 208 g/mol. The van der Waals surface area contributed by atoms with Gasteiger partial charge in [-0.1, -0.05) is 0 Å². The van der Waals surface area contributed by atoms with Crippen molar-refractivity contribution in [3.8, 4) is 0 Å². The smallest absolute Gasteiger partial charge is 0.239 e. The lowest BCUT2D eigenvalue weighted by Gasteiger charge is -2.19. The molecular weight excluding hydrogens is 192 g/mol. The maximum absolute atomic E-state index is 11.3. The quantitative estimate of drug-likeness (QED) is 0.743. The molecule has 1 amide bonds. The van der Waals surface area contributed by atoms with Crippen LogP contribution in [0.3, 0.4) is 0 Å². The third kappa shape index (κ3) is 3.12. The average Bonchev–Trinajstić information content (AvgIpc) is 2.18. The molecule has 0 aliphatic heterocycles. The van der Waals surface area contributed by atoms with Gasteiger partial charge in [0.1, 0.15) is 0 Å². The molecule has 3 N–H and O–H groups in total. The second-order valence-corrected chi connectivity index (χ2v) is 3.24. The number of nitrogens with two attached hydrogens (primary N) is 1. The van der Waals surface area contributed by atoms with Crippen LogP contribution in [0.15, 0.2) is 18.5 Å². The van der Waals surface area contributed by atoms with E-state index in [4.69, 9.17) is 5.73 Å². The number of nitrogen functional groups attached to an aromatic ring is 1. The summed E-state index contributed by atoms with van der Waals surface area (Å²) in [6.07, 6.45) is 3.23. The number of carbonyl (C=O) groups is 1. The van der Waals surface area contributed by atoms with Gasteiger partial charge in [-0.05, 0) is 13.0 Å². The molecule has 0 spiro atoms. The third-order valence-electron chi connectivity index (χ3n) is 1.99. The molecule has 1 aromatic heterocycles. The Morgan fingerprint density at radius 1 is 1.67 bits per heavy atom. The van der Waals surface area contributed by atoms with Crippen LogP contribution in [0.2, 0.25) is 0 Å². The summed E-state index contributed by atoms with van der Waals surface area (Å²) in [5.41, 5.74) is 7.12. The van der Waals surface area contributed by atoms with Crippen molar-refractivity contribution in [2.45, 2.75) is 6.92 Å². The normalized spacial score (nSPS) is 9.73. The van der Waals surface area contributed by atoms with Gasteiger partial charge in [0, 0.05) is 19.8 Å². The lowest BCUT2D eigenvalue weighted by atomic mass is 10.3. The van der Waals surface area contributed by atoms with Gasteiger partial charge in [0.15, 0.2) is 0 Å². The minimum Gasteiger partial charge on any atom is -0.396 e. The van der Waals surface area contributed by atoms with Crippen molar-refractivity contribution in [3.63, 3.8) is 0 Å². The Kier molecular flexibility index (Phi) is 3.91. The number of anilines is 2. The highest BCUT2D eigenvalue weighted by Crippen LogP contribution is 2.18. The molecule has 0 radical (unpaired) electrons. The monoisotopic (exact) mass is 208 g/mol. The van der Waals surface area contributed by atoms with Gasteiger partial charge in [0.05, 0.1) is 24.1 Å². The van der Waals surface area contributed by atoms with Crippen molar-refractivity contribution in [3.05, 3.63) is 18.5 Å². The molecule has 0 aromatic carbocycles.